The summed E-state index contributed by atoms with van der Waals surface area (Å²) in [6, 6.07) is 18.6. The van der Waals surface area contributed by atoms with Crippen molar-refractivity contribution in [2.45, 2.75) is 0 Å². The van der Waals surface area contributed by atoms with Gasteiger partial charge in [-0.25, -0.2) is 4.39 Å². The number of carbonyl (C=O) groups excluding carboxylic acids is 1. The summed E-state index contributed by atoms with van der Waals surface area (Å²) in [6.45, 7) is 0. The van der Waals surface area contributed by atoms with E-state index in [2.05, 4.69) is 15.5 Å². The molecule has 4 aromatic rings. The van der Waals surface area contributed by atoms with Gasteiger partial charge in [-0.1, -0.05) is 0 Å². The summed E-state index contributed by atoms with van der Waals surface area (Å²) in [5, 5.41) is 11.8. The van der Waals surface area contributed by atoms with Crippen LogP contribution in [0.15, 0.2) is 66.7 Å². The van der Waals surface area contributed by atoms with Crippen LogP contribution in [-0.2, 0) is 0 Å². The summed E-state index contributed by atoms with van der Waals surface area (Å²) in [5.41, 5.74) is 4.29. The third kappa shape index (κ3) is 3.55. The molecule has 0 atom stereocenters. The summed E-state index contributed by atoms with van der Waals surface area (Å²) in [7, 11) is 3.97. The Bertz CT molecular complexity index is 1130. The number of hydrogen-bond donors (Lipinski definition) is 1. The lowest BCUT2D eigenvalue weighted by Gasteiger charge is -2.12. The van der Waals surface area contributed by atoms with Crippen LogP contribution in [0.2, 0.25) is 0 Å². The van der Waals surface area contributed by atoms with Gasteiger partial charge in [0, 0.05) is 31.0 Å². The molecule has 28 heavy (non-hydrogen) atoms. The monoisotopic (exact) mass is 375 g/mol. The van der Waals surface area contributed by atoms with Crippen LogP contribution in [0.25, 0.3) is 16.7 Å². The zero-order chi connectivity index (χ0) is 19.7. The lowest BCUT2D eigenvalue weighted by Crippen LogP contribution is -2.11. The number of halogens is 1. The van der Waals surface area contributed by atoms with Crippen LogP contribution in [0.4, 0.5) is 15.8 Å². The first-order valence-electron chi connectivity index (χ1n) is 8.71. The number of nitrogens with one attached hydrogen (secondary N) is 1. The van der Waals surface area contributed by atoms with Crippen LogP contribution >= 0.6 is 0 Å². The van der Waals surface area contributed by atoms with Crippen molar-refractivity contribution in [2.24, 2.45) is 0 Å². The molecule has 0 spiro atoms. The zero-order valence-corrected chi connectivity index (χ0v) is 15.4. The number of benzene rings is 3. The van der Waals surface area contributed by atoms with E-state index in [9.17, 15) is 9.18 Å². The Hall–Kier alpha value is -3.74. The molecule has 0 fully saturated rings. The molecule has 0 bridgehead atoms. The molecule has 0 saturated carbocycles. The summed E-state index contributed by atoms with van der Waals surface area (Å²) in [5.74, 6) is -0.695. The molecule has 0 saturated heterocycles. The topological polar surface area (TPSA) is 63.1 Å². The average molecular weight is 375 g/mol. The average Bonchev–Trinajstić information content (AvgIpc) is 3.12. The van der Waals surface area contributed by atoms with Crippen molar-refractivity contribution >= 4 is 28.3 Å². The zero-order valence-electron chi connectivity index (χ0n) is 15.4. The van der Waals surface area contributed by atoms with Gasteiger partial charge in [-0.05, 0) is 66.7 Å². The van der Waals surface area contributed by atoms with E-state index < -0.39 is 0 Å². The van der Waals surface area contributed by atoms with E-state index in [0.29, 0.717) is 16.8 Å². The molecular weight excluding hydrogens is 357 g/mol. The van der Waals surface area contributed by atoms with Crippen LogP contribution < -0.4 is 10.2 Å². The second-order valence-corrected chi connectivity index (χ2v) is 6.56. The maximum Gasteiger partial charge on any atom is 0.255 e. The molecular formula is C21H18FN5O. The van der Waals surface area contributed by atoms with E-state index in [1.807, 2.05) is 43.3 Å². The third-order valence-corrected chi connectivity index (χ3v) is 4.34. The standard InChI is InChI=1S/C21H18FN5O/c1-26(2)17-8-10-18(11-9-17)27-24-19-12-7-16(13-20(19)25-27)23-21(28)14-3-5-15(22)6-4-14/h3-13H,1-2H3,(H,23,28). The number of rotatable bonds is 4. The number of hydrogen-bond acceptors (Lipinski definition) is 4. The molecule has 6 nitrogen and oxygen atoms in total. The van der Waals surface area contributed by atoms with Crippen LogP contribution in [0, 0.1) is 5.82 Å². The highest BCUT2D eigenvalue weighted by Crippen LogP contribution is 2.20. The Morgan fingerprint density at radius 2 is 1.61 bits per heavy atom. The van der Waals surface area contributed by atoms with E-state index in [-0.39, 0.29) is 11.7 Å². The molecule has 0 unspecified atom stereocenters. The Morgan fingerprint density at radius 1 is 0.929 bits per heavy atom. The number of fused-ring (bicyclic) bond motifs is 1. The van der Waals surface area contributed by atoms with E-state index in [1.165, 1.54) is 24.3 Å². The highest BCUT2D eigenvalue weighted by Gasteiger charge is 2.09. The van der Waals surface area contributed by atoms with Crippen molar-refractivity contribution in [1.29, 1.82) is 0 Å². The van der Waals surface area contributed by atoms with E-state index >= 15 is 0 Å². The lowest BCUT2D eigenvalue weighted by molar-refractivity contribution is 0.102. The highest BCUT2D eigenvalue weighted by molar-refractivity contribution is 6.04. The van der Waals surface area contributed by atoms with Crippen molar-refractivity contribution < 1.29 is 9.18 Å². The second-order valence-electron chi connectivity index (χ2n) is 6.56. The van der Waals surface area contributed by atoms with Crippen molar-refractivity contribution in [3.63, 3.8) is 0 Å². The first-order chi connectivity index (χ1) is 13.5. The number of amides is 1. The SMILES string of the molecule is CN(C)c1ccc(-n2nc3ccc(NC(=O)c4ccc(F)cc4)cc3n2)cc1. The van der Waals surface area contributed by atoms with Gasteiger partial charge in [0.2, 0.25) is 0 Å². The fraction of sp³-hybridized carbons (Fsp3) is 0.0952. The normalized spacial score (nSPS) is 10.8. The Morgan fingerprint density at radius 3 is 2.29 bits per heavy atom. The van der Waals surface area contributed by atoms with Gasteiger partial charge in [0.25, 0.3) is 5.91 Å². The Kier molecular flexibility index (Phi) is 4.49. The van der Waals surface area contributed by atoms with Crippen LogP contribution in [0.3, 0.4) is 0 Å². The first-order valence-corrected chi connectivity index (χ1v) is 8.71. The predicted octanol–water partition coefficient (Wildman–Crippen LogP) is 3.88. The molecule has 1 heterocycles. The van der Waals surface area contributed by atoms with Gasteiger partial charge in [0.1, 0.15) is 16.9 Å². The van der Waals surface area contributed by atoms with Gasteiger partial charge in [-0.15, -0.1) is 10.2 Å². The molecule has 0 aliphatic heterocycles. The van der Waals surface area contributed by atoms with Crippen molar-refractivity contribution in [2.75, 3.05) is 24.3 Å². The van der Waals surface area contributed by atoms with Crippen LogP contribution in [-0.4, -0.2) is 35.0 Å². The van der Waals surface area contributed by atoms with Crippen molar-refractivity contribution in [1.82, 2.24) is 15.0 Å². The number of aromatic nitrogens is 3. The fourth-order valence-electron chi connectivity index (χ4n) is 2.80. The molecule has 1 aromatic heterocycles. The molecule has 1 amide bonds. The highest BCUT2D eigenvalue weighted by atomic mass is 19.1. The maximum atomic E-state index is 13.0. The summed E-state index contributed by atoms with van der Waals surface area (Å²) < 4.78 is 13.0. The predicted molar refractivity (Wildman–Crippen MR) is 108 cm³/mol. The van der Waals surface area contributed by atoms with Gasteiger partial charge in [0.15, 0.2) is 0 Å². The molecule has 3 aromatic carbocycles. The van der Waals surface area contributed by atoms with E-state index in [4.69, 9.17) is 0 Å². The summed E-state index contributed by atoms with van der Waals surface area (Å²) in [4.78, 5) is 15.9. The molecule has 4 rings (SSSR count). The first kappa shape index (κ1) is 17.7. The van der Waals surface area contributed by atoms with Gasteiger partial charge in [0.05, 0.1) is 5.69 Å². The summed E-state index contributed by atoms with van der Waals surface area (Å²) in [6.07, 6.45) is 0. The van der Waals surface area contributed by atoms with Crippen molar-refractivity contribution in [3.8, 4) is 5.69 Å². The fourth-order valence-corrected chi connectivity index (χ4v) is 2.80. The van der Waals surface area contributed by atoms with Gasteiger partial charge in [-0.3, -0.25) is 4.79 Å². The number of carbonyl (C=O) groups is 1. The quantitative estimate of drug-likeness (QED) is 0.588. The number of anilines is 2. The van der Waals surface area contributed by atoms with Gasteiger partial charge in [-0.2, -0.15) is 4.80 Å². The Labute approximate surface area is 161 Å². The molecule has 0 radical (unpaired) electrons. The van der Waals surface area contributed by atoms with E-state index in [0.717, 1.165) is 16.9 Å². The molecule has 140 valence electrons. The number of nitrogens with zero attached hydrogens (tertiary/aromatic N) is 4. The van der Waals surface area contributed by atoms with E-state index in [1.54, 1.807) is 23.0 Å². The minimum Gasteiger partial charge on any atom is -0.378 e. The smallest absolute Gasteiger partial charge is 0.255 e. The van der Waals surface area contributed by atoms with Crippen LogP contribution in [0.1, 0.15) is 10.4 Å². The minimum absolute atomic E-state index is 0.314. The van der Waals surface area contributed by atoms with Gasteiger partial charge >= 0.3 is 0 Å². The second kappa shape index (κ2) is 7.11. The van der Waals surface area contributed by atoms with Crippen molar-refractivity contribution in [3.05, 3.63) is 78.1 Å². The maximum absolute atomic E-state index is 13.0. The van der Waals surface area contributed by atoms with Gasteiger partial charge < -0.3 is 10.2 Å². The molecule has 1 N–H and O–H groups in total. The Balaban J connectivity index is 1.57. The molecule has 7 heteroatoms. The third-order valence-electron chi connectivity index (χ3n) is 4.34. The summed E-state index contributed by atoms with van der Waals surface area (Å²) >= 11 is 0. The molecule has 0 aliphatic rings. The lowest BCUT2D eigenvalue weighted by atomic mass is 10.2. The minimum atomic E-state index is -0.381. The van der Waals surface area contributed by atoms with Crippen LogP contribution in [0.5, 0.6) is 0 Å². The molecule has 0 aliphatic carbocycles. The largest absolute Gasteiger partial charge is 0.378 e.